The lowest BCUT2D eigenvalue weighted by Crippen LogP contribution is -2.60. The second kappa shape index (κ2) is 10.0. The molecule has 0 amide bonds. The third-order valence-corrected chi connectivity index (χ3v) is 5.91. The van der Waals surface area contributed by atoms with E-state index in [0.29, 0.717) is 0 Å². The Morgan fingerprint density at radius 1 is 1.14 bits per heavy atom. The predicted molar refractivity (Wildman–Crippen MR) is 121 cm³/mol. The standard InChI is InChI=1S/C24H26O12/c1-11(26)33-22-21(30)20(29)17(10-25)36-23(22)34-12-3-5-24(31,6-4-12)18-9-15(28)19-14(27)7-13(32-2)8-16(19)35-18/h3-9,12,17,20-23,25,27,29-31H,10H2,1-2H3/t12?,17-,20-,21+,22-,23-,24?/m0/s1. The highest BCUT2D eigenvalue weighted by molar-refractivity contribution is 5.84. The predicted octanol–water partition coefficient (Wildman–Crippen LogP) is -0.423. The zero-order valence-corrected chi connectivity index (χ0v) is 19.3. The Balaban J connectivity index is 1.57. The van der Waals surface area contributed by atoms with Crippen LogP contribution in [0.2, 0.25) is 0 Å². The van der Waals surface area contributed by atoms with Crippen LogP contribution in [0.5, 0.6) is 11.5 Å². The van der Waals surface area contributed by atoms with E-state index >= 15 is 0 Å². The monoisotopic (exact) mass is 506 g/mol. The Kier molecular flexibility index (Phi) is 7.18. The zero-order valence-electron chi connectivity index (χ0n) is 19.3. The molecule has 12 nitrogen and oxygen atoms in total. The van der Waals surface area contributed by atoms with Gasteiger partial charge >= 0.3 is 5.97 Å². The number of carbonyl (C=O) groups is 1. The number of aliphatic hydroxyl groups excluding tert-OH is 3. The Morgan fingerprint density at radius 2 is 1.83 bits per heavy atom. The van der Waals surface area contributed by atoms with Gasteiger partial charge in [0.05, 0.1) is 19.8 Å². The number of phenols is 1. The van der Waals surface area contributed by atoms with Gasteiger partial charge in [-0.05, 0) is 12.2 Å². The van der Waals surface area contributed by atoms with E-state index < -0.39 is 60.4 Å². The Hall–Kier alpha value is -3.26. The van der Waals surface area contributed by atoms with Gasteiger partial charge < -0.3 is 48.9 Å². The number of aliphatic hydroxyl groups is 4. The molecular weight excluding hydrogens is 480 g/mol. The first-order valence-corrected chi connectivity index (χ1v) is 11.0. The summed E-state index contributed by atoms with van der Waals surface area (Å²) in [7, 11) is 1.38. The van der Waals surface area contributed by atoms with Gasteiger partial charge in [0.2, 0.25) is 0 Å². The quantitative estimate of drug-likeness (QED) is 0.252. The van der Waals surface area contributed by atoms with Crippen LogP contribution in [-0.2, 0) is 24.6 Å². The van der Waals surface area contributed by atoms with Crippen LogP contribution in [-0.4, -0.2) is 82.0 Å². The van der Waals surface area contributed by atoms with E-state index in [1.54, 1.807) is 0 Å². The molecule has 0 spiro atoms. The summed E-state index contributed by atoms with van der Waals surface area (Å²) in [4.78, 5) is 24.1. The number of aromatic hydroxyl groups is 1. The molecule has 5 N–H and O–H groups in total. The normalized spacial score (nSPS) is 31.9. The Labute approximate surface area is 204 Å². The van der Waals surface area contributed by atoms with Crippen molar-refractivity contribution in [3.05, 3.63) is 58.5 Å². The second-order valence-corrected chi connectivity index (χ2v) is 8.42. The summed E-state index contributed by atoms with van der Waals surface area (Å²) in [5.41, 5.74) is -2.43. The number of phenolic OH excluding ortho intramolecular Hbond substituents is 1. The highest BCUT2D eigenvalue weighted by atomic mass is 16.7. The van der Waals surface area contributed by atoms with Crippen molar-refractivity contribution in [3.63, 3.8) is 0 Å². The minimum atomic E-state index is -1.85. The number of hydrogen-bond acceptors (Lipinski definition) is 12. The molecule has 0 saturated carbocycles. The summed E-state index contributed by atoms with van der Waals surface area (Å²) in [5.74, 6) is -0.963. The first-order chi connectivity index (χ1) is 17.1. The van der Waals surface area contributed by atoms with Gasteiger partial charge in [0.15, 0.2) is 23.4 Å². The topological polar surface area (TPSA) is 185 Å². The molecule has 1 fully saturated rings. The molecule has 0 radical (unpaired) electrons. The van der Waals surface area contributed by atoms with Gasteiger partial charge in [0.25, 0.3) is 0 Å². The molecule has 5 atom stereocenters. The molecule has 1 aliphatic carbocycles. The molecule has 4 rings (SSSR count). The van der Waals surface area contributed by atoms with E-state index in [4.69, 9.17) is 23.4 Å². The number of ether oxygens (including phenoxy) is 4. The SMILES string of the molecule is COc1cc(O)c2c(=O)cc(C3(O)C=CC(O[C@H]4O[C@@H](CO)[C@H](O)[C@@H](O)[C@@H]4OC(C)=O)C=C3)oc2c1. The van der Waals surface area contributed by atoms with E-state index in [9.17, 15) is 35.1 Å². The molecule has 0 unspecified atom stereocenters. The van der Waals surface area contributed by atoms with Crippen LogP contribution in [0.1, 0.15) is 12.7 Å². The first-order valence-electron chi connectivity index (χ1n) is 11.0. The fourth-order valence-electron chi connectivity index (χ4n) is 4.05. The Morgan fingerprint density at radius 3 is 2.44 bits per heavy atom. The fraction of sp³-hybridized carbons (Fsp3) is 0.417. The van der Waals surface area contributed by atoms with Crippen LogP contribution in [0, 0.1) is 0 Å². The lowest BCUT2D eigenvalue weighted by Gasteiger charge is -2.42. The molecule has 0 bridgehead atoms. The van der Waals surface area contributed by atoms with Crippen molar-refractivity contribution in [2.45, 2.75) is 49.3 Å². The minimum Gasteiger partial charge on any atom is -0.507 e. The van der Waals surface area contributed by atoms with Crippen LogP contribution < -0.4 is 10.2 Å². The summed E-state index contributed by atoms with van der Waals surface area (Å²) in [6.45, 7) is 0.490. The van der Waals surface area contributed by atoms with E-state index in [1.165, 1.54) is 43.5 Å². The third kappa shape index (κ3) is 4.87. The van der Waals surface area contributed by atoms with Crippen molar-refractivity contribution in [3.8, 4) is 11.5 Å². The smallest absolute Gasteiger partial charge is 0.303 e. The molecule has 12 heteroatoms. The molecule has 36 heavy (non-hydrogen) atoms. The molecule has 1 aromatic carbocycles. The van der Waals surface area contributed by atoms with Gasteiger partial charge in [-0.2, -0.15) is 0 Å². The van der Waals surface area contributed by atoms with Crippen molar-refractivity contribution >= 4 is 16.9 Å². The van der Waals surface area contributed by atoms with E-state index in [0.717, 1.165) is 13.0 Å². The first kappa shape index (κ1) is 25.8. The summed E-state index contributed by atoms with van der Waals surface area (Å²) < 4.78 is 27.1. The largest absolute Gasteiger partial charge is 0.507 e. The molecule has 2 aliphatic rings. The summed E-state index contributed by atoms with van der Waals surface area (Å²) in [6, 6.07) is 3.72. The van der Waals surface area contributed by atoms with Gasteiger partial charge in [-0.25, -0.2) is 0 Å². The number of hydrogen-bond donors (Lipinski definition) is 5. The van der Waals surface area contributed by atoms with Gasteiger partial charge in [-0.1, -0.05) is 12.2 Å². The van der Waals surface area contributed by atoms with Crippen LogP contribution >= 0.6 is 0 Å². The maximum absolute atomic E-state index is 12.6. The highest BCUT2D eigenvalue weighted by Gasteiger charge is 2.47. The second-order valence-electron chi connectivity index (χ2n) is 8.42. The fourth-order valence-corrected chi connectivity index (χ4v) is 4.05. The van der Waals surface area contributed by atoms with Crippen LogP contribution in [0.15, 0.2) is 51.7 Å². The molecule has 1 aliphatic heterocycles. The molecule has 1 saturated heterocycles. The average Bonchev–Trinajstić information content (AvgIpc) is 2.84. The van der Waals surface area contributed by atoms with E-state index in [-0.39, 0.29) is 28.2 Å². The lowest BCUT2D eigenvalue weighted by molar-refractivity contribution is -0.307. The molecule has 2 heterocycles. The highest BCUT2D eigenvalue weighted by Crippen LogP contribution is 2.34. The zero-order chi connectivity index (χ0) is 26.2. The minimum absolute atomic E-state index is 0.00497. The Bertz CT molecular complexity index is 1230. The number of carbonyl (C=O) groups excluding carboxylic acids is 1. The number of fused-ring (bicyclic) bond motifs is 1. The van der Waals surface area contributed by atoms with E-state index in [2.05, 4.69) is 0 Å². The van der Waals surface area contributed by atoms with Gasteiger partial charge in [-0.15, -0.1) is 0 Å². The van der Waals surface area contributed by atoms with Crippen molar-refractivity contribution in [1.82, 2.24) is 0 Å². The van der Waals surface area contributed by atoms with Gasteiger partial charge in [-0.3, -0.25) is 9.59 Å². The number of benzene rings is 1. The average molecular weight is 506 g/mol. The molecular formula is C24H26O12. The maximum Gasteiger partial charge on any atom is 0.303 e. The lowest BCUT2D eigenvalue weighted by atomic mass is 9.93. The number of esters is 1. The van der Waals surface area contributed by atoms with Crippen LogP contribution in [0.25, 0.3) is 11.0 Å². The van der Waals surface area contributed by atoms with Gasteiger partial charge in [0, 0.05) is 25.1 Å². The van der Waals surface area contributed by atoms with Crippen molar-refractivity contribution in [1.29, 1.82) is 0 Å². The summed E-state index contributed by atoms with van der Waals surface area (Å²) >= 11 is 0. The third-order valence-electron chi connectivity index (χ3n) is 5.91. The summed E-state index contributed by atoms with van der Waals surface area (Å²) in [5, 5.41) is 51.0. The number of methoxy groups -OCH3 is 1. The maximum atomic E-state index is 12.6. The van der Waals surface area contributed by atoms with Crippen LogP contribution in [0.3, 0.4) is 0 Å². The van der Waals surface area contributed by atoms with Crippen molar-refractivity contribution < 1.29 is 53.7 Å². The summed E-state index contributed by atoms with van der Waals surface area (Å²) in [6.07, 6.45) is -2.49. The van der Waals surface area contributed by atoms with Gasteiger partial charge in [0.1, 0.15) is 46.5 Å². The van der Waals surface area contributed by atoms with Crippen molar-refractivity contribution in [2.24, 2.45) is 0 Å². The van der Waals surface area contributed by atoms with Crippen LogP contribution in [0.4, 0.5) is 0 Å². The molecule has 194 valence electrons. The van der Waals surface area contributed by atoms with E-state index in [1.807, 2.05) is 0 Å². The van der Waals surface area contributed by atoms with Crippen molar-refractivity contribution in [2.75, 3.05) is 13.7 Å². The number of rotatable bonds is 6. The molecule has 2 aromatic rings. The molecule has 1 aromatic heterocycles.